The minimum absolute atomic E-state index is 0.404. The minimum Gasteiger partial charge on any atom is -0.314 e. The first-order chi connectivity index (χ1) is 5.22. The summed E-state index contributed by atoms with van der Waals surface area (Å²) >= 11 is 0. The van der Waals surface area contributed by atoms with Crippen LogP contribution in [0.3, 0.4) is 0 Å². The fourth-order valence-electron chi connectivity index (χ4n) is 1.29. The van der Waals surface area contributed by atoms with E-state index in [0.29, 0.717) is 25.9 Å². The van der Waals surface area contributed by atoms with E-state index in [1.54, 1.807) is 7.05 Å². The number of piperidine rings is 1. The van der Waals surface area contributed by atoms with Gasteiger partial charge in [-0.2, -0.15) is 10.3 Å². The van der Waals surface area contributed by atoms with Crippen LogP contribution in [0, 0.1) is 11.3 Å². The summed E-state index contributed by atoms with van der Waals surface area (Å²) in [6, 6.07) is 2.24. The largest absolute Gasteiger partial charge is 0.314 e. The van der Waals surface area contributed by atoms with Crippen molar-refractivity contribution in [3.63, 3.8) is 0 Å². The molecule has 2 N–H and O–H groups in total. The number of rotatable bonds is 1. The molecular formula is C7H13N3O. The second-order valence-electron chi connectivity index (χ2n) is 2.90. The van der Waals surface area contributed by atoms with Gasteiger partial charge >= 0.3 is 0 Å². The summed E-state index contributed by atoms with van der Waals surface area (Å²) in [6.07, 6.45) is 1.38. The molecule has 1 saturated heterocycles. The smallest absolute Gasteiger partial charge is 0.109 e. The Morgan fingerprint density at radius 3 is 2.45 bits per heavy atom. The molecule has 0 aromatic heterocycles. The van der Waals surface area contributed by atoms with Crippen molar-refractivity contribution in [1.82, 2.24) is 10.4 Å². The number of nitrogens with zero attached hydrogens (tertiary/aromatic N) is 2. The van der Waals surface area contributed by atoms with Gasteiger partial charge in [0.15, 0.2) is 0 Å². The Morgan fingerprint density at radius 1 is 1.55 bits per heavy atom. The molecule has 1 fully saturated rings. The molecule has 0 aromatic carbocycles. The molecule has 1 rings (SSSR count). The number of hydroxylamine groups is 2. The third-order valence-electron chi connectivity index (χ3n) is 2.29. The first-order valence-electron chi connectivity index (χ1n) is 3.76. The molecule has 1 aliphatic heterocycles. The van der Waals surface area contributed by atoms with Gasteiger partial charge in [-0.1, -0.05) is 0 Å². The standard InChI is InChI=1S/C7H13N3O/c1-9-7(6-8)2-4-10(11)5-3-7/h9,11H,2-5H2,1H3. The van der Waals surface area contributed by atoms with E-state index in [1.807, 2.05) is 0 Å². The van der Waals surface area contributed by atoms with Crippen LogP contribution in [0.4, 0.5) is 0 Å². The van der Waals surface area contributed by atoms with Crippen LogP contribution < -0.4 is 5.32 Å². The zero-order valence-corrected chi connectivity index (χ0v) is 6.67. The summed E-state index contributed by atoms with van der Waals surface area (Å²) in [5.41, 5.74) is -0.404. The van der Waals surface area contributed by atoms with Crippen molar-refractivity contribution in [2.75, 3.05) is 20.1 Å². The lowest BCUT2D eigenvalue weighted by Gasteiger charge is -2.33. The predicted molar refractivity (Wildman–Crippen MR) is 40.0 cm³/mol. The lowest BCUT2D eigenvalue weighted by atomic mass is 9.90. The van der Waals surface area contributed by atoms with E-state index >= 15 is 0 Å². The predicted octanol–water partition coefficient (Wildman–Crippen LogP) is -0.0468. The van der Waals surface area contributed by atoms with E-state index in [0.717, 1.165) is 0 Å². The molecule has 0 unspecified atom stereocenters. The van der Waals surface area contributed by atoms with Crippen molar-refractivity contribution in [3.05, 3.63) is 0 Å². The van der Waals surface area contributed by atoms with Crippen LogP contribution in [-0.2, 0) is 0 Å². The number of hydrogen-bond acceptors (Lipinski definition) is 4. The van der Waals surface area contributed by atoms with E-state index in [2.05, 4.69) is 11.4 Å². The van der Waals surface area contributed by atoms with E-state index in [-0.39, 0.29) is 0 Å². The Bertz CT molecular complexity index is 167. The molecule has 0 atom stereocenters. The van der Waals surface area contributed by atoms with Gasteiger partial charge in [-0.15, -0.1) is 0 Å². The number of nitriles is 1. The van der Waals surface area contributed by atoms with Gasteiger partial charge in [0, 0.05) is 13.1 Å². The van der Waals surface area contributed by atoms with E-state index in [9.17, 15) is 0 Å². The minimum atomic E-state index is -0.404. The van der Waals surface area contributed by atoms with Gasteiger partial charge in [0.2, 0.25) is 0 Å². The maximum absolute atomic E-state index is 9.03. The molecule has 4 nitrogen and oxygen atoms in total. The second-order valence-corrected chi connectivity index (χ2v) is 2.90. The summed E-state index contributed by atoms with van der Waals surface area (Å²) in [6.45, 7) is 1.16. The maximum Gasteiger partial charge on any atom is 0.109 e. The molecule has 0 saturated carbocycles. The number of hydrogen-bond donors (Lipinski definition) is 2. The molecule has 62 valence electrons. The summed E-state index contributed by atoms with van der Waals surface area (Å²) in [7, 11) is 1.79. The normalized spacial score (nSPS) is 24.5. The van der Waals surface area contributed by atoms with Crippen LogP contribution in [0.5, 0.6) is 0 Å². The van der Waals surface area contributed by atoms with Crippen LogP contribution in [0.15, 0.2) is 0 Å². The van der Waals surface area contributed by atoms with E-state index in [4.69, 9.17) is 10.5 Å². The topological polar surface area (TPSA) is 59.3 Å². The zero-order chi connectivity index (χ0) is 8.32. The Labute approximate surface area is 66.4 Å². The van der Waals surface area contributed by atoms with Crippen LogP contribution in [0.25, 0.3) is 0 Å². The van der Waals surface area contributed by atoms with Gasteiger partial charge in [0.1, 0.15) is 5.54 Å². The fourth-order valence-corrected chi connectivity index (χ4v) is 1.29. The van der Waals surface area contributed by atoms with Gasteiger partial charge in [0.25, 0.3) is 0 Å². The van der Waals surface area contributed by atoms with Crippen molar-refractivity contribution >= 4 is 0 Å². The van der Waals surface area contributed by atoms with Crippen LogP contribution >= 0.6 is 0 Å². The van der Waals surface area contributed by atoms with E-state index < -0.39 is 5.54 Å². The highest BCUT2D eigenvalue weighted by atomic mass is 16.5. The first-order valence-corrected chi connectivity index (χ1v) is 3.76. The van der Waals surface area contributed by atoms with Gasteiger partial charge < -0.3 is 10.5 Å². The first kappa shape index (κ1) is 8.47. The molecule has 0 bridgehead atoms. The van der Waals surface area contributed by atoms with Crippen LogP contribution in [0.1, 0.15) is 12.8 Å². The molecule has 1 heterocycles. The summed E-state index contributed by atoms with van der Waals surface area (Å²) in [5, 5.41) is 22.1. The molecule has 0 aromatic rings. The molecular weight excluding hydrogens is 142 g/mol. The van der Waals surface area contributed by atoms with Crippen molar-refractivity contribution < 1.29 is 5.21 Å². The van der Waals surface area contributed by atoms with E-state index in [1.165, 1.54) is 5.06 Å². The lowest BCUT2D eigenvalue weighted by molar-refractivity contribution is -0.112. The Balaban J connectivity index is 2.54. The Morgan fingerprint density at radius 2 is 2.09 bits per heavy atom. The summed E-state index contributed by atoms with van der Waals surface area (Å²) in [4.78, 5) is 0. The monoisotopic (exact) mass is 155 g/mol. The fraction of sp³-hybridized carbons (Fsp3) is 0.857. The third-order valence-corrected chi connectivity index (χ3v) is 2.29. The van der Waals surface area contributed by atoms with Gasteiger partial charge in [-0.3, -0.25) is 0 Å². The molecule has 0 radical (unpaired) electrons. The van der Waals surface area contributed by atoms with Crippen LogP contribution in [-0.4, -0.2) is 35.9 Å². The molecule has 0 aliphatic carbocycles. The van der Waals surface area contributed by atoms with Crippen molar-refractivity contribution in [2.45, 2.75) is 18.4 Å². The summed E-state index contributed by atoms with van der Waals surface area (Å²) < 4.78 is 0. The lowest BCUT2D eigenvalue weighted by Crippen LogP contribution is -2.50. The highest BCUT2D eigenvalue weighted by molar-refractivity contribution is 5.08. The third kappa shape index (κ3) is 1.69. The number of nitrogens with one attached hydrogen (secondary N) is 1. The Kier molecular flexibility index (Phi) is 2.45. The SMILES string of the molecule is CNC1(C#N)CCN(O)CC1. The van der Waals surface area contributed by atoms with Gasteiger partial charge in [-0.05, 0) is 19.9 Å². The Hall–Kier alpha value is -0.630. The molecule has 11 heavy (non-hydrogen) atoms. The highest BCUT2D eigenvalue weighted by Crippen LogP contribution is 2.19. The molecule has 1 aliphatic rings. The van der Waals surface area contributed by atoms with Crippen molar-refractivity contribution in [1.29, 1.82) is 5.26 Å². The van der Waals surface area contributed by atoms with Crippen molar-refractivity contribution in [2.24, 2.45) is 0 Å². The summed E-state index contributed by atoms with van der Waals surface area (Å²) in [5.74, 6) is 0. The highest BCUT2D eigenvalue weighted by Gasteiger charge is 2.32. The molecule has 0 amide bonds. The average molecular weight is 155 g/mol. The molecule has 4 heteroatoms. The maximum atomic E-state index is 9.03. The van der Waals surface area contributed by atoms with Gasteiger partial charge in [-0.25, -0.2) is 0 Å². The van der Waals surface area contributed by atoms with Crippen LogP contribution in [0.2, 0.25) is 0 Å². The van der Waals surface area contributed by atoms with Crippen molar-refractivity contribution in [3.8, 4) is 6.07 Å². The zero-order valence-electron chi connectivity index (χ0n) is 6.67. The molecule has 0 spiro atoms. The average Bonchev–Trinajstić information content (AvgIpc) is 2.07. The second kappa shape index (κ2) is 3.18. The quantitative estimate of drug-likeness (QED) is 0.557. The van der Waals surface area contributed by atoms with Gasteiger partial charge in [0.05, 0.1) is 6.07 Å².